The van der Waals surface area contributed by atoms with Crippen molar-refractivity contribution in [2.45, 2.75) is 32.9 Å². The van der Waals surface area contributed by atoms with Crippen molar-refractivity contribution in [1.82, 2.24) is 15.2 Å². The van der Waals surface area contributed by atoms with Crippen LogP contribution in [0.1, 0.15) is 26.5 Å². The van der Waals surface area contributed by atoms with Crippen molar-refractivity contribution in [3.63, 3.8) is 0 Å². The summed E-state index contributed by atoms with van der Waals surface area (Å²) in [6.07, 6.45) is 1.74. The Kier molecular flexibility index (Phi) is 4.63. The molecular weight excluding hydrogens is 214 g/mol. The Morgan fingerprint density at radius 2 is 2.12 bits per heavy atom. The van der Waals surface area contributed by atoms with Crippen LogP contribution < -0.4 is 5.32 Å². The standard InChI is InChI=1S/C13H21N3O/c1-13(2,3)15-9-12(17)16(4)10-11-7-5-6-8-14-11/h5-8,15H,9-10H2,1-4H3. The fourth-order valence-electron chi connectivity index (χ4n) is 1.30. The average Bonchev–Trinajstić information content (AvgIpc) is 2.26. The van der Waals surface area contributed by atoms with Crippen LogP contribution in [0.5, 0.6) is 0 Å². The van der Waals surface area contributed by atoms with Gasteiger partial charge >= 0.3 is 0 Å². The molecule has 0 aliphatic carbocycles. The van der Waals surface area contributed by atoms with E-state index in [0.29, 0.717) is 13.1 Å². The fraction of sp³-hybridized carbons (Fsp3) is 0.538. The van der Waals surface area contributed by atoms with E-state index in [1.807, 2.05) is 39.0 Å². The van der Waals surface area contributed by atoms with Gasteiger partial charge in [-0.1, -0.05) is 6.07 Å². The van der Waals surface area contributed by atoms with Crippen LogP contribution in [0.4, 0.5) is 0 Å². The Labute approximate surface area is 103 Å². The molecule has 0 aromatic carbocycles. The molecule has 1 rings (SSSR count). The van der Waals surface area contributed by atoms with Crippen LogP contribution in [0.2, 0.25) is 0 Å². The van der Waals surface area contributed by atoms with Crippen molar-refractivity contribution in [3.05, 3.63) is 30.1 Å². The molecule has 1 N–H and O–H groups in total. The van der Waals surface area contributed by atoms with E-state index in [1.54, 1.807) is 18.1 Å². The van der Waals surface area contributed by atoms with Gasteiger partial charge in [-0.15, -0.1) is 0 Å². The Balaban J connectivity index is 2.43. The first-order chi connectivity index (χ1) is 7.88. The Morgan fingerprint density at radius 3 is 2.65 bits per heavy atom. The predicted molar refractivity (Wildman–Crippen MR) is 68.5 cm³/mol. The van der Waals surface area contributed by atoms with Crippen LogP contribution in [0.3, 0.4) is 0 Å². The van der Waals surface area contributed by atoms with Crippen molar-refractivity contribution < 1.29 is 4.79 Å². The van der Waals surface area contributed by atoms with E-state index in [0.717, 1.165) is 5.69 Å². The van der Waals surface area contributed by atoms with E-state index in [1.165, 1.54) is 0 Å². The molecule has 1 heterocycles. The number of rotatable bonds is 4. The zero-order valence-electron chi connectivity index (χ0n) is 11.0. The molecular formula is C13H21N3O. The second kappa shape index (κ2) is 5.77. The van der Waals surface area contributed by atoms with E-state index in [2.05, 4.69) is 10.3 Å². The first-order valence-corrected chi connectivity index (χ1v) is 5.77. The number of amides is 1. The zero-order valence-corrected chi connectivity index (χ0v) is 11.0. The summed E-state index contributed by atoms with van der Waals surface area (Å²) in [4.78, 5) is 17.7. The molecule has 0 spiro atoms. The molecule has 0 bridgehead atoms. The monoisotopic (exact) mass is 235 g/mol. The molecule has 1 amide bonds. The van der Waals surface area contributed by atoms with Gasteiger partial charge in [-0.25, -0.2) is 0 Å². The maximum absolute atomic E-state index is 11.8. The molecule has 0 aliphatic rings. The van der Waals surface area contributed by atoms with E-state index < -0.39 is 0 Å². The summed E-state index contributed by atoms with van der Waals surface area (Å²) >= 11 is 0. The SMILES string of the molecule is CN(Cc1ccccn1)C(=O)CNC(C)(C)C. The molecule has 4 nitrogen and oxygen atoms in total. The van der Waals surface area contributed by atoms with Crippen molar-refractivity contribution in [2.75, 3.05) is 13.6 Å². The molecule has 94 valence electrons. The highest BCUT2D eigenvalue weighted by Gasteiger charge is 2.14. The fourth-order valence-corrected chi connectivity index (χ4v) is 1.30. The molecule has 0 fully saturated rings. The van der Waals surface area contributed by atoms with Crippen LogP contribution in [-0.4, -0.2) is 34.9 Å². The van der Waals surface area contributed by atoms with Gasteiger partial charge in [0.05, 0.1) is 18.8 Å². The number of nitrogens with zero attached hydrogens (tertiary/aromatic N) is 2. The van der Waals surface area contributed by atoms with E-state index in [4.69, 9.17) is 0 Å². The second-order valence-corrected chi connectivity index (χ2v) is 5.17. The maximum atomic E-state index is 11.8. The van der Waals surface area contributed by atoms with Crippen LogP contribution >= 0.6 is 0 Å². The number of nitrogens with one attached hydrogen (secondary N) is 1. The summed E-state index contributed by atoms with van der Waals surface area (Å²) in [5.41, 5.74) is 0.862. The van der Waals surface area contributed by atoms with Gasteiger partial charge in [-0.05, 0) is 32.9 Å². The summed E-state index contributed by atoms with van der Waals surface area (Å²) < 4.78 is 0. The maximum Gasteiger partial charge on any atom is 0.236 e. The highest BCUT2D eigenvalue weighted by atomic mass is 16.2. The summed E-state index contributed by atoms with van der Waals surface area (Å²) in [7, 11) is 1.79. The van der Waals surface area contributed by atoms with Crippen molar-refractivity contribution in [2.24, 2.45) is 0 Å². The predicted octanol–water partition coefficient (Wildman–Crippen LogP) is 1.43. The molecule has 1 aromatic rings. The van der Waals surface area contributed by atoms with Gasteiger partial charge in [0.1, 0.15) is 0 Å². The Bertz CT molecular complexity index is 357. The minimum atomic E-state index is -0.0402. The lowest BCUT2D eigenvalue weighted by molar-refractivity contribution is -0.129. The molecule has 0 unspecified atom stereocenters. The van der Waals surface area contributed by atoms with Crippen molar-refractivity contribution in [3.8, 4) is 0 Å². The second-order valence-electron chi connectivity index (χ2n) is 5.17. The molecule has 0 saturated heterocycles. The highest BCUT2D eigenvalue weighted by molar-refractivity contribution is 5.78. The minimum absolute atomic E-state index is 0.0402. The summed E-state index contributed by atoms with van der Waals surface area (Å²) in [6, 6.07) is 5.71. The number of hydrogen-bond donors (Lipinski definition) is 1. The zero-order chi connectivity index (χ0) is 12.9. The number of aromatic nitrogens is 1. The van der Waals surface area contributed by atoms with E-state index >= 15 is 0 Å². The normalized spacial score (nSPS) is 11.3. The van der Waals surface area contributed by atoms with Gasteiger partial charge < -0.3 is 10.2 Å². The lowest BCUT2D eigenvalue weighted by Gasteiger charge is -2.23. The summed E-state index contributed by atoms with van der Waals surface area (Å²) in [5.74, 6) is 0.0746. The van der Waals surface area contributed by atoms with Crippen LogP contribution in [0.15, 0.2) is 24.4 Å². The van der Waals surface area contributed by atoms with Crippen LogP contribution in [0.25, 0.3) is 0 Å². The van der Waals surface area contributed by atoms with Gasteiger partial charge in [0.25, 0.3) is 0 Å². The highest BCUT2D eigenvalue weighted by Crippen LogP contribution is 2.01. The van der Waals surface area contributed by atoms with E-state index in [-0.39, 0.29) is 11.4 Å². The number of carbonyl (C=O) groups excluding carboxylic acids is 1. The molecule has 1 aromatic heterocycles. The smallest absolute Gasteiger partial charge is 0.236 e. The van der Waals surface area contributed by atoms with Crippen molar-refractivity contribution in [1.29, 1.82) is 0 Å². The first-order valence-electron chi connectivity index (χ1n) is 5.77. The number of hydrogen-bond acceptors (Lipinski definition) is 3. The molecule has 0 saturated carbocycles. The average molecular weight is 235 g/mol. The third kappa shape index (κ3) is 5.45. The quantitative estimate of drug-likeness (QED) is 0.858. The van der Waals surface area contributed by atoms with Gasteiger partial charge in [-0.2, -0.15) is 0 Å². The van der Waals surface area contributed by atoms with Crippen LogP contribution in [0, 0.1) is 0 Å². The lowest BCUT2D eigenvalue weighted by Crippen LogP contribution is -2.43. The Hall–Kier alpha value is -1.42. The number of likely N-dealkylation sites (N-methyl/N-ethyl adjacent to an activating group) is 1. The topological polar surface area (TPSA) is 45.2 Å². The Morgan fingerprint density at radius 1 is 1.41 bits per heavy atom. The van der Waals surface area contributed by atoms with Crippen molar-refractivity contribution >= 4 is 5.91 Å². The third-order valence-electron chi connectivity index (χ3n) is 2.32. The van der Waals surface area contributed by atoms with Gasteiger partial charge in [0.15, 0.2) is 0 Å². The molecule has 0 aliphatic heterocycles. The van der Waals surface area contributed by atoms with Gasteiger partial charge in [0, 0.05) is 18.8 Å². The minimum Gasteiger partial charge on any atom is -0.339 e. The third-order valence-corrected chi connectivity index (χ3v) is 2.32. The first kappa shape index (κ1) is 13.6. The largest absolute Gasteiger partial charge is 0.339 e. The number of carbonyl (C=O) groups is 1. The van der Waals surface area contributed by atoms with Gasteiger partial charge in [0.2, 0.25) is 5.91 Å². The van der Waals surface area contributed by atoms with Crippen LogP contribution in [-0.2, 0) is 11.3 Å². The summed E-state index contributed by atoms with van der Waals surface area (Å²) in [6.45, 7) is 7.02. The lowest BCUT2D eigenvalue weighted by atomic mass is 10.1. The molecule has 17 heavy (non-hydrogen) atoms. The molecule has 4 heteroatoms. The molecule has 0 radical (unpaired) electrons. The van der Waals surface area contributed by atoms with Gasteiger partial charge in [-0.3, -0.25) is 9.78 Å². The molecule has 0 atom stereocenters. The number of pyridine rings is 1. The van der Waals surface area contributed by atoms with E-state index in [9.17, 15) is 4.79 Å². The summed E-state index contributed by atoms with van der Waals surface area (Å²) in [5, 5.41) is 3.18.